The third kappa shape index (κ3) is 1.55. The first-order valence-electron chi connectivity index (χ1n) is 5.02. The molecule has 3 rings (SSSR count). The molecule has 0 atom stereocenters. The number of hydrogen-bond donors (Lipinski definition) is 1. The molecule has 2 aliphatic rings. The zero-order valence-electron chi connectivity index (χ0n) is 7.49. The predicted octanol–water partition coefficient (Wildman–Crippen LogP) is 2.38. The van der Waals surface area contributed by atoms with Crippen LogP contribution in [0.3, 0.4) is 0 Å². The standard InChI is InChI=1S/C9H13N3S/c1-2-7(3-1)10-9-12-11-8(13-9)6-4-5-6/h6-7H,1-5H2,(H,10,12). The van der Waals surface area contributed by atoms with Crippen molar-refractivity contribution in [2.24, 2.45) is 0 Å². The fourth-order valence-corrected chi connectivity index (χ4v) is 2.50. The van der Waals surface area contributed by atoms with Crippen LogP contribution < -0.4 is 5.32 Å². The molecule has 1 N–H and O–H groups in total. The lowest BCUT2D eigenvalue weighted by Crippen LogP contribution is -2.26. The number of hydrogen-bond acceptors (Lipinski definition) is 4. The van der Waals surface area contributed by atoms with Crippen molar-refractivity contribution in [1.82, 2.24) is 10.2 Å². The zero-order valence-corrected chi connectivity index (χ0v) is 8.31. The third-order valence-electron chi connectivity index (χ3n) is 2.80. The summed E-state index contributed by atoms with van der Waals surface area (Å²) < 4.78 is 0. The van der Waals surface area contributed by atoms with Crippen LogP contribution in [0.25, 0.3) is 0 Å². The molecule has 3 nitrogen and oxygen atoms in total. The van der Waals surface area contributed by atoms with Crippen LogP contribution in [0.15, 0.2) is 0 Å². The summed E-state index contributed by atoms with van der Waals surface area (Å²) in [4.78, 5) is 0. The Morgan fingerprint density at radius 2 is 2.00 bits per heavy atom. The van der Waals surface area contributed by atoms with Gasteiger partial charge in [-0.3, -0.25) is 0 Å². The molecule has 0 bridgehead atoms. The van der Waals surface area contributed by atoms with E-state index < -0.39 is 0 Å². The highest BCUT2D eigenvalue weighted by molar-refractivity contribution is 7.15. The summed E-state index contributed by atoms with van der Waals surface area (Å²) in [6, 6.07) is 0.681. The molecule has 0 aromatic carbocycles. The highest BCUT2D eigenvalue weighted by Crippen LogP contribution is 2.42. The van der Waals surface area contributed by atoms with E-state index in [0.717, 1.165) is 11.0 Å². The van der Waals surface area contributed by atoms with Crippen molar-refractivity contribution in [3.63, 3.8) is 0 Å². The Balaban J connectivity index is 1.66. The zero-order chi connectivity index (χ0) is 8.67. The smallest absolute Gasteiger partial charge is 0.205 e. The molecule has 0 saturated heterocycles. The molecule has 2 saturated carbocycles. The lowest BCUT2D eigenvalue weighted by atomic mass is 9.93. The van der Waals surface area contributed by atoms with Crippen LogP contribution in [-0.2, 0) is 0 Å². The molecule has 70 valence electrons. The Morgan fingerprint density at radius 3 is 2.62 bits per heavy atom. The second-order valence-electron chi connectivity index (χ2n) is 3.99. The molecule has 2 fully saturated rings. The molecule has 4 heteroatoms. The minimum Gasteiger partial charge on any atom is -0.357 e. The summed E-state index contributed by atoms with van der Waals surface area (Å²) >= 11 is 1.75. The molecule has 1 heterocycles. The topological polar surface area (TPSA) is 37.8 Å². The molecule has 0 aliphatic heterocycles. The van der Waals surface area contributed by atoms with E-state index in [1.54, 1.807) is 11.3 Å². The van der Waals surface area contributed by atoms with Crippen molar-refractivity contribution >= 4 is 16.5 Å². The number of nitrogens with zero attached hydrogens (tertiary/aromatic N) is 2. The molecular formula is C9H13N3S. The summed E-state index contributed by atoms with van der Waals surface area (Å²) in [6.45, 7) is 0. The quantitative estimate of drug-likeness (QED) is 0.804. The molecule has 0 amide bonds. The summed E-state index contributed by atoms with van der Waals surface area (Å²) in [6.07, 6.45) is 6.61. The van der Waals surface area contributed by atoms with Gasteiger partial charge in [0.2, 0.25) is 5.13 Å². The molecular weight excluding hydrogens is 182 g/mol. The van der Waals surface area contributed by atoms with E-state index in [4.69, 9.17) is 0 Å². The normalized spacial score (nSPS) is 22.8. The van der Waals surface area contributed by atoms with Crippen molar-refractivity contribution < 1.29 is 0 Å². The van der Waals surface area contributed by atoms with Gasteiger partial charge < -0.3 is 5.32 Å². The lowest BCUT2D eigenvalue weighted by molar-refractivity contribution is 0.445. The number of rotatable bonds is 3. The van der Waals surface area contributed by atoms with Gasteiger partial charge in [0.15, 0.2) is 0 Å². The Labute approximate surface area is 81.6 Å². The first-order valence-corrected chi connectivity index (χ1v) is 5.83. The lowest BCUT2D eigenvalue weighted by Gasteiger charge is -2.25. The highest BCUT2D eigenvalue weighted by Gasteiger charge is 2.28. The van der Waals surface area contributed by atoms with Gasteiger partial charge >= 0.3 is 0 Å². The average molecular weight is 195 g/mol. The fraction of sp³-hybridized carbons (Fsp3) is 0.778. The van der Waals surface area contributed by atoms with Crippen LogP contribution in [0.5, 0.6) is 0 Å². The minimum atomic E-state index is 0.681. The highest BCUT2D eigenvalue weighted by atomic mass is 32.1. The maximum absolute atomic E-state index is 4.20. The van der Waals surface area contributed by atoms with E-state index in [-0.39, 0.29) is 0 Å². The van der Waals surface area contributed by atoms with Crippen LogP contribution >= 0.6 is 11.3 Å². The average Bonchev–Trinajstić information content (AvgIpc) is 2.80. The van der Waals surface area contributed by atoms with Crippen molar-refractivity contribution in [3.05, 3.63) is 5.01 Å². The molecule has 13 heavy (non-hydrogen) atoms. The molecule has 0 unspecified atom stereocenters. The SMILES string of the molecule is C1CC(Nc2nnc(C3CC3)s2)C1. The van der Waals surface area contributed by atoms with Crippen LogP contribution in [0.1, 0.15) is 43.0 Å². The maximum atomic E-state index is 4.20. The van der Waals surface area contributed by atoms with E-state index in [9.17, 15) is 0 Å². The van der Waals surface area contributed by atoms with Gasteiger partial charge in [0.1, 0.15) is 5.01 Å². The molecule has 2 aliphatic carbocycles. The summed E-state index contributed by atoms with van der Waals surface area (Å²) in [5, 5.41) is 14.1. The number of anilines is 1. The van der Waals surface area contributed by atoms with Crippen LogP contribution in [0.2, 0.25) is 0 Å². The second kappa shape index (κ2) is 2.94. The van der Waals surface area contributed by atoms with Crippen molar-refractivity contribution in [2.45, 2.75) is 44.1 Å². The maximum Gasteiger partial charge on any atom is 0.205 e. The third-order valence-corrected chi connectivity index (χ3v) is 3.82. The molecule has 1 aromatic rings. The minimum absolute atomic E-state index is 0.681. The van der Waals surface area contributed by atoms with Crippen molar-refractivity contribution in [1.29, 1.82) is 0 Å². The predicted molar refractivity (Wildman–Crippen MR) is 53.1 cm³/mol. The van der Waals surface area contributed by atoms with Crippen LogP contribution in [0, 0.1) is 0 Å². The Bertz CT molecular complexity index is 302. The second-order valence-corrected chi connectivity index (χ2v) is 5.00. The van der Waals surface area contributed by atoms with E-state index in [0.29, 0.717) is 6.04 Å². The van der Waals surface area contributed by atoms with E-state index in [1.165, 1.54) is 37.1 Å². The van der Waals surface area contributed by atoms with Crippen LogP contribution in [0.4, 0.5) is 5.13 Å². The molecule has 0 radical (unpaired) electrons. The number of nitrogens with one attached hydrogen (secondary N) is 1. The van der Waals surface area contributed by atoms with Gasteiger partial charge in [-0.15, -0.1) is 10.2 Å². The van der Waals surface area contributed by atoms with E-state index in [2.05, 4.69) is 15.5 Å². The van der Waals surface area contributed by atoms with Crippen molar-refractivity contribution in [3.8, 4) is 0 Å². The van der Waals surface area contributed by atoms with Gasteiger partial charge in [0, 0.05) is 12.0 Å². The summed E-state index contributed by atoms with van der Waals surface area (Å²) in [7, 11) is 0. The van der Waals surface area contributed by atoms with Gasteiger partial charge in [-0.1, -0.05) is 11.3 Å². The van der Waals surface area contributed by atoms with Crippen molar-refractivity contribution in [2.75, 3.05) is 5.32 Å². The van der Waals surface area contributed by atoms with Gasteiger partial charge in [-0.2, -0.15) is 0 Å². The van der Waals surface area contributed by atoms with Crippen LogP contribution in [-0.4, -0.2) is 16.2 Å². The van der Waals surface area contributed by atoms with Gasteiger partial charge in [0.25, 0.3) is 0 Å². The number of aromatic nitrogens is 2. The first kappa shape index (κ1) is 7.74. The fourth-order valence-electron chi connectivity index (χ4n) is 1.52. The summed E-state index contributed by atoms with van der Waals surface area (Å²) in [5.74, 6) is 0.745. The van der Waals surface area contributed by atoms with Gasteiger partial charge in [0.05, 0.1) is 0 Å². The molecule has 1 aromatic heterocycles. The largest absolute Gasteiger partial charge is 0.357 e. The molecule has 0 spiro atoms. The van der Waals surface area contributed by atoms with E-state index in [1.807, 2.05) is 0 Å². The van der Waals surface area contributed by atoms with E-state index >= 15 is 0 Å². The summed E-state index contributed by atoms with van der Waals surface area (Å²) in [5.41, 5.74) is 0. The van der Waals surface area contributed by atoms with Gasteiger partial charge in [-0.25, -0.2) is 0 Å². The Morgan fingerprint density at radius 1 is 1.15 bits per heavy atom. The monoisotopic (exact) mass is 195 g/mol. The first-order chi connectivity index (χ1) is 6.42. The van der Waals surface area contributed by atoms with Gasteiger partial charge in [-0.05, 0) is 32.1 Å². The Kier molecular flexibility index (Phi) is 1.75. The Hall–Kier alpha value is -0.640.